The van der Waals surface area contributed by atoms with E-state index in [9.17, 15) is 14.7 Å². The predicted octanol–water partition coefficient (Wildman–Crippen LogP) is 2.58. The topological polar surface area (TPSA) is 81.3 Å². The fourth-order valence-corrected chi connectivity index (χ4v) is 2.07. The summed E-state index contributed by atoms with van der Waals surface area (Å²) in [5.41, 5.74) is 2.57. The third-order valence-electron chi connectivity index (χ3n) is 3.08. The molecule has 2 rings (SSSR count). The number of aliphatic carboxylic acids is 1. The number of hydrogen-bond donors (Lipinski definition) is 2. The van der Waals surface area contributed by atoms with Crippen LogP contribution in [0.5, 0.6) is 0 Å². The van der Waals surface area contributed by atoms with Crippen molar-refractivity contribution in [3.05, 3.63) is 58.6 Å². The molecule has 0 unspecified atom stereocenters. The Labute approximate surface area is 132 Å². The van der Waals surface area contributed by atoms with Crippen LogP contribution >= 0.6 is 11.6 Å². The van der Waals surface area contributed by atoms with Gasteiger partial charge in [0, 0.05) is 28.8 Å². The SMILES string of the molecule is Cc1c(Cl)cccc1NC(=O)Nc1ccc(CC(=O)[O-])cc1. The molecule has 6 heteroatoms. The van der Waals surface area contributed by atoms with Gasteiger partial charge < -0.3 is 20.5 Å². The second-order valence-electron chi connectivity index (χ2n) is 4.74. The lowest BCUT2D eigenvalue weighted by Crippen LogP contribution is -2.24. The van der Waals surface area contributed by atoms with Gasteiger partial charge in [-0.1, -0.05) is 29.8 Å². The van der Waals surface area contributed by atoms with E-state index < -0.39 is 12.0 Å². The molecule has 0 aliphatic carbocycles. The summed E-state index contributed by atoms with van der Waals surface area (Å²) in [7, 11) is 0. The molecule has 0 radical (unpaired) electrons. The number of anilines is 2. The Morgan fingerprint density at radius 3 is 2.41 bits per heavy atom. The lowest BCUT2D eigenvalue weighted by molar-refractivity contribution is -0.304. The number of amides is 2. The molecule has 0 bridgehead atoms. The maximum Gasteiger partial charge on any atom is 0.323 e. The van der Waals surface area contributed by atoms with Crippen molar-refractivity contribution < 1.29 is 14.7 Å². The van der Waals surface area contributed by atoms with Crippen LogP contribution in [0.4, 0.5) is 16.2 Å². The van der Waals surface area contributed by atoms with Gasteiger partial charge in [-0.25, -0.2) is 4.79 Å². The highest BCUT2D eigenvalue weighted by molar-refractivity contribution is 6.31. The molecule has 0 spiro atoms. The van der Waals surface area contributed by atoms with Crippen LogP contribution in [0.25, 0.3) is 0 Å². The van der Waals surface area contributed by atoms with Gasteiger partial charge in [-0.05, 0) is 42.3 Å². The van der Waals surface area contributed by atoms with E-state index in [2.05, 4.69) is 10.6 Å². The van der Waals surface area contributed by atoms with Crippen molar-refractivity contribution in [1.82, 2.24) is 0 Å². The second kappa shape index (κ2) is 6.95. The molecule has 0 aliphatic rings. The second-order valence-corrected chi connectivity index (χ2v) is 5.14. The molecule has 0 fully saturated rings. The minimum atomic E-state index is -1.14. The zero-order chi connectivity index (χ0) is 16.1. The monoisotopic (exact) mass is 317 g/mol. The van der Waals surface area contributed by atoms with Crippen LogP contribution in [-0.2, 0) is 11.2 Å². The van der Waals surface area contributed by atoms with Gasteiger partial charge in [0.2, 0.25) is 0 Å². The number of rotatable bonds is 4. The summed E-state index contributed by atoms with van der Waals surface area (Å²) in [6, 6.07) is 11.3. The summed E-state index contributed by atoms with van der Waals surface area (Å²) in [6.07, 6.45) is -0.159. The minimum Gasteiger partial charge on any atom is -0.550 e. The van der Waals surface area contributed by atoms with Crippen molar-refractivity contribution >= 4 is 35.0 Å². The van der Waals surface area contributed by atoms with Gasteiger partial charge in [-0.15, -0.1) is 0 Å². The number of hydrogen-bond acceptors (Lipinski definition) is 3. The van der Waals surface area contributed by atoms with E-state index >= 15 is 0 Å². The van der Waals surface area contributed by atoms with Crippen LogP contribution in [0.1, 0.15) is 11.1 Å². The number of carbonyl (C=O) groups excluding carboxylic acids is 2. The molecule has 22 heavy (non-hydrogen) atoms. The largest absolute Gasteiger partial charge is 0.550 e. The van der Waals surface area contributed by atoms with Crippen LogP contribution in [0.15, 0.2) is 42.5 Å². The lowest BCUT2D eigenvalue weighted by Gasteiger charge is -2.11. The molecule has 0 saturated carbocycles. The number of carboxylic acid groups (broad SMARTS) is 1. The molecular formula is C16H14ClN2O3-. The zero-order valence-corrected chi connectivity index (χ0v) is 12.6. The van der Waals surface area contributed by atoms with Crippen molar-refractivity contribution in [2.75, 3.05) is 10.6 Å². The van der Waals surface area contributed by atoms with E-state index in [1.54, 1.807) is 42.5 Å². The van der Waals surface area contributed by atoms with Gasteiger partial charge in [0.1, 0.15) is 0 Å². The Kier molecular flexibility index (Phi) is 5.01. The molecule has 0 aromatic heterocycles. The first kappa shape index (κ1) is 15.9. The zero-order valence-electron chi connectivity index (χ0n) is 11.9. The van der Waals surface area contributed by atoms with Crippen molar-refractivity contribution in [3.8, 4) is 0 Å². The molecule has 2 aromatic rings. The van der Waals surface area contributed by atoms with Crippen molar-refractivity contribution in [1.29, 1.82) is 0 Å². The summed E-state index contributed by atoms with van der Waals surface area (Å²) in [6.45, 7) is 1.81. The van der Waals surface area contributed by atoms with E-state index in [4.69, 9.17) is 11.6 Å². The Hall–Kier alpha value is -2.53. The quantitative estimate of drug-likeness (QED) is 0.909. The first-order valence-electron chi connectivity index (χ1n) is 6.57. The molecule has 0 aliphatic heterocycles. The molecule has 2 N–H and O–H groups in total. The predicted molar refractivity (Wildman–Crippen MR) is 84.0 cm³/mol. The van der Waals surface area contributed by atoms with E-state index in [-0.39, 0.29) is 6.42 Å². The minimum absolute atomic E-state index is 0.159. The standard InChI is InChI=1S/C16H15ClN2O3/c1-10-13(17)3-2-4-14(10)19-16(22)18-12-7-5-11(6-8-12)9-15(20)21/h2-8H,9H2,1H3,(H,20,21)(H2,18,19,22)/p-1. The molecule has 0 atom stereocenters. The van der Waals surface area contributed by atoms with Gasteiger partial charge >= 0.3 is 6.03 Å². The van der Waals surface area contributed by atoms with Gasteiger partial charge in [-0.2, -0.15) is 0 Å². The average Bonchev–Trinajstić information content (AvgIpc) is 2.45. The fourth-order valence-electron chi connectivity index (χ4n) is 1.90. The molecule has 114 valence electrons. The number of halogens is 1. The van der Waals surface area contributed by atoms with Crippen LogP contribution in [0.2, 0.25) is 5.02 Å². The van der Waals surface area contributed by atoms with E-state index in [0.29, 0.717) is 22.0 Å². The summed E-state index contributed by atoms with van der Waals surface area (Å²) < 4.78 is 0. The molecule has 2 amide bonds. The van der Waals surface area contributed by atoms with Crippen molar-refractivity contribution in [3.63, 3.8) is 0 Å². The highest BCUT2D eigenvalue weighted by Crippen LogP contribution is 2.23. The number of carbonyl (C=O) groups is 2. The maximum absolute atomic E-state index is 11.9. The Balaban J connectivity index is 2.00. The summed E-state index contributed by atoms with van der Waals surface area (Å²) >= 11 is 5.99. The van der Waals surface area contributed by atoms with Crippen LogP contribution in [0.3, 0.4) is 0 Å². The average molecular weight is 318 g/mol. The van der Waals surface area contributed by atoms with Crippen LogP contribution in [0, 0.1) is 6.92 Å². The van der Waals surface area contributed by atoms with Gasteiger partial charge in [0.25, 0.3) is 0 Å². The van der Waals surface area contributed by atoms with Crippen LogP contribution < -0.4 is 15.7 Å². The third kappa shape index (κ3) is 4.23. The summed E-state index contributed by atoms with van der Waals surface area (Å²) in [4.78, 5) is 22.4. The lowest BCUT2D eigenvalue weighted by atomic mass is 10.1. The summed E-state index contributed by atoms with van der Waals surface area (Å²) in [5, 5.41) is 16.4. The first-order valence-corrected chi connectivity index (χ1v) is 6.95. The molecule has 5 nitrogen and oxygen atoms in total. The van der Waals surface area contributed by atoms with E-state index in [1.165, 1.54) is 0 Å². The normalized spacial score (nSPS) is 10.1. The molecular weight excluding hydrogens is 304 g/mol. The third-order valence-corrected chi connectivity index (χ3v) is 3.49. The number of carboxylic acids is 1. The Bertz CT molecular complexity index is 699. The van der Waals surface area contributed by atoms with Crippen LogP contribution in [-0.4, -0.2) is 12.0 Å². The van der Waals surface area contributed by atoms with Gasteiger partial charge in [0.05, 0.1) is 0 Å². The van der Waals surface area contributed by atoms with E-state index in [1.807, 2.05) is 6.92 Å². The fraction of sp³-hybridized carbons (Fsp3) is 0.125. The Morgan fingerprint density at radius 2 is 1.77 bits per heavy atom. The maximum atomic E-state index is 11.9. The molecule has 0 saturated heterocycles. The Morgan fingerprint density at radius 1 is 1.09 bits per heavy atom. The number of benzene rings is 2. The van der Waals surface area contributed by atoms with Crippen molar-refractivity contribution in [2.45, 2.75) is 13.3 Å². The molecule has 0 heterocycles. The van der Waals surface area contributed by atoms with Gasteiger partial charge in [0.15, 0.2) is 0 Å². The molecule has 2 aromatic carbocycles. The number of urea groups is 1. The number of nitrogens with one attached hydrogen (secondary N) is 2. The summed E-state index contributed by atoms with van der Waals surface area (Å²) in [5.74, 6) is -1.14. The highest BCUT2D eigenvalue weighted by atomic mass is 35.5. The first-order chi connectivity index (χ1) is 10.5. The highest BCUT2D eigenvalue weighted by Gasteiger charge is 2.07. The van der Waals surface area contributed by atoms with Gasteiger partial charge in [-0.3, -0.25) is 0 Å². The van der Waals surface area contributed by atoms with Crippen molar-refractivity contribution in [2.24, 2.45) is 0 Å². The van der Waals surface area contributed by atoms with E-state index in [0.717, 1.165) is 5.56 Å². The smallest absolute Gasteiger partial charge is 0.323 e.